The highest BCUT2D eigenvalue weighted by Crippen LogP contribution is 2.39. The molecule has 0 unspecified atom stereocenters. The van der Waals surface area contributed by atoms with E-state index in [2.05, 4.69) is 6.58 Å². The fourth-order valence-electron chi connectivity index (χ4n) is 3.07. The van der Waals surface area contributed by atoms with Crippen molar-refractivity contribution in [1.29, 1.82) is 0 Å². The van der Waals surface area contributed by atoms with E-state index < -0.39 is 0 Å². The monoisotopic (exact) mass is 270 g/mol. The van der Waals surface area contributed by atoms with Gasteiger partial charge in [-0.25, -0.2) is 0 Å². The Hall–Kier alpha value is -2.43. The molecule has 1 aromatic heterocycles. The summed E-state index contributed by atoms with van der Waals surface area (Å²) in [4.78, 5) is 23.1. The Bertz CT molecular complexity index is 717. The van der Waals surface area contributed by atoms with Gasteiger partial charge in [0.2, 0.25) is 12.5 Å². The van der Waals surface area contributed by atoms with E-state index in [4.69, 9.17) is 0 Å². The third-order valence-electron chi connectivity index (χ3n) is 3.91. The lowest BCUT2D eigenvalue weighted by atomic mass is 9.89. The molecule has 0 saturated carbocycles. The topological polar surface area (TPSA) is 65.1 Å². The lowest BCUT2D eigenvalue weighted by Crippen LogP contribution is -2.21. The zero-order chi connectivity index (χ0) is 14.3. The summed E-state index contributed by atoms with van der Waals surface area (Å²) in [6, 6.07) is 9.44. The molecule has 0 amide bonds. The second kappa shape index (κ2) is 4.59. The summed E-state index contributed by atoms with van der Waals surface area (Å²) >= 11 is 0. The Morgan fingerprint density at radius 3 is 2.80 bits per heavy atom. The summed E-state index contributed by atoms with van der Waals surface area (Å²) < 4.78 is 1.64. The number of carbonyl (C=O) groups is 1. The average Bonchev–Trinajstić information content (AvgIpc) is 2.90. The standard InChI is InChI=1S/C15H14N2O3/c1-2-5-11-12(9-16(19)20)14-8-10-6-3-4-7-13(10)17(14)15(11)18/h2-4,6-8,11-12H,1,5,9H2/t11-,12+/m0/s1. The summed E-state index contributed by atoms with van der Waals surface area (Å²) in [7, 11) is 0. The highest BCUT2D eigenvalue weighted by Gasteiger charge is 2.42. The number of benzene rings is 1. The number of nitrogens with zero attached hydrogens (tertiary/aromatic N) is 2. The number of nitro groups is 1. The largest absolute Gasteiger partial charge is 0.283 e. The predicted molar refractivity (Wildman–Crippen MR) is 75.5 cm³/mol. The molecular weight excluding hydrogens is 256 g/mol. The summed E-state index contributed by atoms with van der Waals surface area (Å²) in [5.74, 6) is -0.812. The van der Waals surface area contributed by atoms with Crippen LogP contribution in [0.2, 0.25) is 0 Å². The van der Waals surface area contributed by atoms with Crippen LogP contribution in [0.15, 0.2) is 43.0 Å². The minimum Gasteiger partial charge on any atom is -0.283 e. The van der Waals surface area contributed by atoms with Crippen LogP contribution < -0.4 is 0 Å². The molecule has 0 spiro atoms. The minimum absolute atomic E-state index is 0.0621. The number of aromatic nitrogens is 1. The third-order valence-corrected chi connectivity index (χ3v) is 3.91. The predicted octanol–water partition coefficient (Wildman–Crippen LogP) is 2.85. The zero-order valence-corrected chi connectivity index (χ0v) is 10.9. The molecule has 1 aromatic carbocycles. The molecule has 5 heteroatoms. The molecule has 2 heterocycles. The number of hydrogen-bond donors (Lipinski definition) is 0. The first-order valence-electron chi connectivity index (χ1n) is 6.50. The minimum atomic E-state index is -0.377. The van der Waals surface area contributed by atoms with Crippen molar-refractivity contribution < 1.29 is 9.72 Å². The number of carbonyl (C=O) groups excluding carboxylic acids is 1. The Morgan fingerprint density at radius 1 is 1.35 bits per heavy atom. The molecule has 0 fully saturated rings. The van der Waals surface area contributed by atoms with Gasteiger partial charge in [0, 0.05) is 16.0 Å². The van der Waals surface area contributed by atoms with Gasteiger partial charge in [0.25, 0.3) is 0 Å². The average molecular weight is 270 g/mol. The van der Waals surface area contributed by atoms with Crippen LogP contribution in [-0.2, 0) is 0 Å². The van der Waals surface area contributed by atoms with E-state index in [-0.39, 0.29) is 29.2 Å². The van der Waals surface area contributed by atoms with Gasteiger partial charge in [0.15, 0.2) is 0 Å². The molecule has 1 aliphatic rings. The van der Waals surface area contributed by atoms with Gasteiger partial charge in [0.1, 0.15) is 0 Å². The maximum atomic E-state index is 12.5. The summed E-state index contributed by atoms with van der Waals surface area (Å²) in [5, 5.41) is 11.8. The van der Waals surface area contributed by atoms with Crippen LogP contribution in [0, 0.1) is 16.0 Å². The van der Waals surface area contributed by atoms with Crippen molar-refractivity contribution in [3.05, 3.63) is 58.8 Å². The van der Waals surface area contributed by atoms with E-state index in [0.717, 1.165) is 16.6 Å². The van der Waals surface area contributed by atoms with Gasteiger partial charge < -0.3 is 0 Å². The number of allylic oxidation sites excluding steroid dienone is 1. The highest BCUT2D eigenvalue weighted by atomic mass is 16.6. The Morgan fingerprint density at radius 2 is 2.10 bits per heavy atom. The van der Waals surface area contributed by atoms with Crippen molar-refractivity contribution in [1.82, 2.24) is 4.57 Å². The molecule has 2 aromatic rings. The highest BCUT2D eigenvalue weighted by molar-refractivity contribution is 5.98. The number of rotatable bonds is 4. The lowest BCUT2D eigenvalue weighted by Gasteiger charge is -2.11. The molecule has 0 bridgehead atoms. The smallest absolute Gasteiger partial charge is 0.235 e. The lowest BCUT2D eigenvalue weighted by molar-refractivity contribution is -0.484. The number of fused-ring (bicyclic) bond motifs is 3. The maximum Gasteiger partial charge on any atom is 0.235 e. The third kappa shape index (κ3) is 1.74. The molecule has 1 aliphatic heterocycles. The van der Waals surface area contributed by atoms with Gasteiger partial charge in [-0.1, -0.05) is 24.3 Å². The van der Waals surface area contributed by atoms with Crippen LogP contribution in [-0.4, -0.2) is 21.9 Å². The Balaban J connectivity index is 2.16. The summed E-state index contributed by atoms with van der Waals surface area (Å²) in [6.07, 6.45) is 2.12. The van der Waals surface area contributed by atoms with E-state index in [0.29, 0.717) is 6.42 Å². The SMILES string of the molecule is C=CC[C@@H]1C(=O)n2c(cc3ccccc32)[C@@H]1C[N+](=O)[O-]. The van der Waals surface area contributed by atoms with Crippen LogP contribution in [0.1, 0.15) is 22.8 Å². The van der Waals surface area contributed by atoms with Gasteiger partial charge in [-0.2, -0.15) is 0 Å². The summed E-state index contributed by atoms with van der Waals surface area (Å²) in [5.41, 5.74) is 1.58. The van der Waals surface area contributed by atoms with Crippen LogP contribution in [0.25, 0.3) is 10.9 Å². The molecule has 0 saturated heterocycles. The summed E-state index contributed by atoms with van der Waals surface area (Å²) in [6.45, 7) is 3.43. The second-order valence-corrected chi connectivity index (χ2v) is 5.05. The molecule has 3 rings (SSSR count). The van der Waals surface area contributed by atoms with Gasteiger partial charge in [-0.05, 0) is 18.6 Å². The van der Waals surface area contributed by atoms with Crippen molar-refractivity contribution in [2.75, 3.05) is 6.54 Å². The molecular formula is C15H14N2O3. The first-order valence-corrected chi connectivity index (χ1v) is 6.50. The molecule has 0 aliphatic carbocycles. The van der Waals surface area contributed by atoms with Crippen molar-refractivity contribution in [3.63, 3.8) is 0 Å². The van der Waals surface area contributed by atoms with Crippen molar-refractivity contribution in [2.24, 2.45) is 5.92 Å². The van der Waals surface area contributed by atoms with Crippen LogP contribution >= 0.6 is 0 Å². The van der Waals surface area contributed by atoms with E-state index in [9.17, 15) is 14.9 Å². The van der Waals surface area contributed by atoms with Crippen molar-refractivity contribution >= 4 is 16.8 Å². The van der Waals surface area contributed by atoms with E-state index in [1.165, 1.54) is 0 Å². The first kappa shape index (κ1) is 12.6. The van der Waals surface area contributed by atoms with Crippen molar-refractivity contribution in [2.45, 2.75) is 12.3 Å². The maximum absolute atomic E-state index is 12.5. The van der Waals surface area contributed by atoms with Crippen LogP contribution in [0.4, 0.5) is 0 Å². The van der Waals surface area contributed by atoms with E-state index in [1.54, 1.807) is 10.6 Å². The molecule has 102 valence electrons. The second-order valence-electron chi connectivity index (χ2n) is 5.05. The van der Waals surface area contributed by atoms with Crippen LogP contribution in [0.3, 0.4) is 0 Å². The van der Waals surface area contributed by atoms with Gasteiger partial charge >= 0.3 is 0 Å². The van der Waals surface area contributed by atoms with E-state index in [1.807, 2.05) is 30.3 Å². The first-order chi connectivity index (χ1) is 9.63. The van der Waals surface area contributed by atoms with E-state index >= 15 is 0 Å². The molecule has 0 radical (unpaired) electrons. The van der Waals surface area contributed by atoms with Gasteiger partial charge in [0.05, 0.1) is 17.4 Å². The number of para-hydroxylation sites is 1. The normalized spacial score (nSPS) is 21.1. The molecule has 0 N–H and O–H groups in total. The molecule has 20 heavy (non-hydrogen) atoms. The molecule has 5 nitrogen and oxygen atoms in total. The molecule has 2 atom stereocenters. The fourth-order valence-corrected chi connectivity index (χ4v) is 3.07. The number of hydrogen-bond acceptors (Lipinski definition) is 3. The quantitative estimate of drug-likeness (QED) is 0.487. The zero-order valence-electron chi connectivity index (χ0n) is 10.9. The van der Waals surface area contributed by atoms with Crippen molar-refractivity contribution in [3.8, 4) is 0 Å². The Kier molecular flexibility index (Phi) is 2.89. The van der Waals surface area contributed by atoms with Gasteiger partial charge in [-0.3, -0.25) is 19.5 Å². The van der Waals surface area contributed by atoms with Crippen LogP contribution in [0.5, 0.6) is 0 Å². The fraction of sp³-hybridized carbons (Fsp3) is 0.267. The Labute approximate surface area is 115 Å². The van der Waals surface area contributed by atoms with Gasteiger partial charge in [-0.15, -0.1) is 6.58 Å².